The minimum absolute atomic E-state index is 0.0565. The highest BCUT2D eigenvalue weighted by Gasteiger charge is 2.33. The van der Waals surface area contributed by atoms with Gasteiger partial charge in [-0.05, 0) is 15.9 Å². The first-order valence-electron chi connectivity index (χ1n) is 3.71. The summed E-state index contributed by atoms with van der Waals surface area (Å²) in [6.07, 6.45) is -3.72. The molecule has 15 heavy (non-hydrogen) atoms. The second-order valence-electron chi connectivity index (χ2n) is 2.53. The van der Waals surface area contributed by atoms with Crippen LogP contribution in [0, 0.1) is 0 Å². The Morgan fingerprint density at radius 1 is 1.53 bits per heavy atom. The molecule has 0 fully saturated rings. The summed E-state index contributed by atoms with van der Waals surface area (Å²) >= 11 is 2.79. The van der Waals surface area contributed by atoms with E-state index in [2.05, 4.69) is 25.7 Å². The number of nitrogens with one attached hydrogen (secondary N) is 1. The number of aromatic amines is 1. The van der Waals surface area contributed by atoms with E-state index >= 15 is 0 Å². The van der Waals surface area contributed by atoms with Crippen molar-refractivity contribution in [1.29, 1.82) is 0 Å². The SMILES string of the molecule is NCc1[nH]cc(Br)c(=O)c1OC(F)(F)F. The standard InChI is InChI=1S/C7H6BrF3N2O2/c8-3-2-13-4(1-12)6(5(3)14)15-7(9,10)11/h2H,1,12H2,(H,13,14). The van der Waals surface area contributed by atoms with Crippen LogP contribution in [0.4, 0.5) is 13.2 Å². The van der Waals surface area contributed by atoms with Crippen LogP contribution in [0.2, 0.25) is 0 Å². The summed E-state index contributed by atoms with van der Waals surface area (Å²) in [5.74, 6) is -0.834. The largest absolute Gasteiger partial charge is 0.573 e. The maximum Gasteiger partial charge on any atom is 0.573 e. The fraction of sp³-hybridized carbons (Fsp3) is 0.286. The molecule has 0 aliphatic rings. The lowest BCUT2D eigenvalue weighted by Gasteiger charge is -2.11. The van der Waals surface area contributed by atoms with Crippen LogP contribution in [0.5, 0.6) is 5.75 Å². The molecule has 1 aromatic heterocycles. The van der Waals surface area contributed by atoms with Gasteiger partial charge in [0.1, 0.15) is 0 Å². The molecule has 1 rings (SSSR count). The lowest BCUT2D eigenvalue weighted by atomic mass is 10.3. The third kappa shape index (κ3) is 2.96. The highest BCUT2D eigenvalue weighted by atomic mass is 79.9. The van der Waals surface area contributed by atoms with E-state index < -0.39 is 17.5 Å². The fourth-order valence-corrected chi connectivity index (χ4v) is 1.20. The molecule has 0 unspecified atom stereocenters. The molecular weight excluding hydrogens is 281 g/mol. The zero-order chi connectivity index (χ0) is 11.6. The number of hydrogen-bond donors (Lipinski definition) is 2. The predicted octanol–water partition coefficient (Wildman–Crippen LogP) is 1.49. The Labute approximate surface area is 90.4 Å². The zero-order valence-corrected chi connectivity index (χ0v) is 8.78. The van der Waals surface area contributed by atoms with Crippen molar-refractivity contribution in [3.8, 4) is 5.75 Å². The topological polar surface area (TPSA) is 68.1 Å². The fourth-order valence-electron chi connectivity index (χ4n) is 0.902. The highest BCUT2D eigenvalue weighted by Crippen LogP contribution is 2.23. The summed E-state index contributed by atoms with van der Waals surface area (Å²) in [4.78, 5) is 13.7. The maximum atomic E-state index is 11.9. The van der Waals surface area contributed by atoms with Crippen LogP contribution < -0.4 is 15.9 Å². The summed E-state index contributed by atoms with van der Waals surface area (Å²) in [7, 11) is 0. The second-order valence-corrected chi connectivity index (χ2v) is 3.38. The number of rotatable bonds is 2. The van der Waals surface area contributed by atoms with Gasteiger partial charge in [-0.2, -0.15) is 0 Å². The molecule has 4 nitrogen and oxygen atoms in total. The number of H-pyrrole nitrogens is 1. The monoisotopic (exact) mass is 286 g/mol. The van der Waals surface area contributed by atoms with E-state index in [4.69, 9.17) is 5.73 Å². The van der Waals surface area contributed by atoms with Crippen molar-refractivity contribution in [2.24, 2.45) is 5.73 Å². The van der Waals surface area contributed by atoms with E-state index in [1.165, 1.54) is 6.20 Å². The van der Waals surface area contributed by atoms with Crippen LogP contribution in [0.3, 0.4) is 0 Å². The average Bonchev–Trinajstić information content (AvgIpc) is 2.11. The highest BCUT2D eigenvalue weighted by molar-refractivity contribution is 9.10. The zero-order valence-electron chi connectivity index (χ0n) is 7.19. The summed E-state index contributed by atoms with van der Waals surface area (Å²) in [6.45, 7) is -0.256. The van der Waals surface area contributed by atoms with Crippen LogP contribution in [0.1, 0.15) is 5.69 Å². The lowest BCUT2D eigenvalue weighted by molar-refractivity contribution is -0.275. The third-order valence-electron chi connectivity index (χ3n) is 1.49. The van der Waals surface area contributed by atoms with Gasteiger partial charge in [-0.3, -0.25) is 4.79 Å². The minimum Gasteiger partial charge on any atom is -0.400 e. The van der Waals surface area contributed by atoms with E-state index in [1.54, 1.807) is 0 Å². The van der Waals surface area contributed by atoms with Crippen LogP contribution >= 0.6 is 15.9 Å². The first kappa shape index (κ1) is 12.1. The first-order chi connectivity index (χ1) is 6.85. The van der Waals surface area contributed by atoms with Gasteiger partial charge in [-0.15, -0.1) is 13.2 Å². The van der Waals surface area contributed by atoms with Crippen molar-refractivity contribution >= 4 is 15.9 Å². The molecule has 0 saturated heterocycles. The lowest BCUT2D eigenvalue weighted by Crippen LogP contribution is -2.24. The molecule has 0 spiro atoms. The Balaban J connectivity index is 3.25. The molecule has 3 N–H and O–H groups in total. The quantitative estimate of drug-likeness (QED) is 0.866. The maximum absolute atomic E-state index is 11.9. The van der Waals surface area contributed by atoms with Gasteiger partial charge >= 0.3 is 6.36 Å². The van der Waals surface area contributed by atoms with E-state index in [9.17, 15) is 18.0 Å². The summed E-state index contributed by atoms with van der Waals surface area (Å²) in [5, 5.41) is 0. The van der Waals surface area contributed by atoms with Crippen LogP contribution in [0.15, 0.2) is 15.5 Å². The van der Waals surface area contributed by atoms with Crippen molar-refractivity contribution in [2.75, 3.05) is 0 Å². The van der Waals surface area contributed by atoms with Gasteiger partial charge < -0.3 is 15.5 Å². The van der Waals surface area contributed by atoms with Crippen LogP contribution in [0.25, 0.3) is 0 Å². The number of ether oxygens (including phenoxy) is 1. The van der Waals surface area contributed by atoms with Crippen molar-refractivity contribution < 1.29 is 17.9 Å². The number of alkyl halides is 3. The van der Waals surface area contributed by atoms with Crippen LogP contribution in [-0.4, -0.2) is 11.3 Å². The number of hydrogen-bond acceptors (Lipinski definition) is 3. The van der Waals surface area contributed by atoms with Crippen molar-refractivity contribution in [3.63, 3.8) is 0 Å². The second kappa shape index (κ2) is 4.23. The average molecular weight is 287 g/mol. The molecule has 0 radical (unpaired) electrons. The van der Waals surface area contributed by atoms with Gasteiger partial charge in [-0.1, -0.05) is 0 Å². The summed E-state index contributed by atoms with van der Waals surface area (Å²) < 4.78 is 39.3. The third-order valence-corrected chi connectivity index (χ3v) is 2.08. The number of aromatic nitrogens is 1. The minimum atomic E-state index is -4.92. The van der Waals surface area contributed by atoms with E-state index in [0.717, 1.165) is 0 Å². The van der Waals surface area contributed by atoms with Gasteiger partial charge in [-0.25, -0.2) is 0 Å². The van der Waals surface area contributed by atoms with Gasteiger partial charge in [0, 0.05) is 12.7 Å². The first-order valence-corrected chi connectivity index (χ1v) is 4.50. The van der Waals surface area contributed by atoms with Crippen molar-refractivity contribution in [3.05, 3.63) is 26.6 Å². The molecule has 0 bridgehead atoms. The van der Waals surface area contributed by atoms with E-state index in [1.807, 2.05) is 0 Å². The molecule has 0 amide bonds. The van der Waals surface area contributed by atoms with Gasteiger partial charge in [0.05, 0.1) is 10.2 Å². The number of nitrogens with two attached hydrogens (primary N) is 1. The molecule has 1 heterocycles. The van der Waals surface area contributed by atoms with Gasteiger partial charge in [0.25, 0.3) is 0 Å². The van der Waals surface area contributed by atoms with Gasteiger partial charge in [0.15, 0.2) is 5.75 Å². The molecule has 8 heteroatoms. The molecule has 0 saturated carbocycles. The van der Waals surface area contributed by atoms with E-state index in [-0.39, 0.29) is 16.7 Å². The molecular formula is C7H6BrF3N2O2. The Kier molecular flexibility index (Phi) is 3.40. The van der Waals surface area contributed by atoms with Crippen molar-refractivity contribution in [2.45, 2.75) is 12.9 Å². The Hall–Kier alpha value is -1.02. The Bertz CT molecular complexity index is 416. The molecule has 0 aliphatic carbocycles. The molecule has 0 atom stereocenters. The van der Waals surface area contributed by atoms with E-state index in [0.29, 0.717) is 0 Å². The predicted molar refractivity (Wildman–Crippen MR) is 49.3 cm³/mol. The summed E-state index contributed by atoms with van der Waals surface area (Å²) in [6, 6.07) is 0. The number of halogens is 4. The van der Waals surface area contributed by atoms with Crippen molar-refractivity contribution in [1.82, 2.24) is 4.98 Å². The van der Waals surface area contributed by atoms with Crippen LogP contribution in [-0.2, 0) is 6.54 Å². The molecule has 1 aromatic rings. The van der Waals surface area contributed by atoms with Gasteiger partial charge in [0.2, 0.25) is 5.43 Å². The Morgan fingerprint density at radius 2 is 2.13 bits per heavy atom. The number of pyridine rings is 1. The Morgan fingerprint density at radius 3 is 2.60 bits per heavy atom. The molecule has 0 aliphatic heterocycles. The normalized spacial score (nSPS) is 11.5. The molecule has 0 aromatic carbocycles. The molecule has 84 valence electrons. The summed E-state index contributed by atoms with van der Waals surface area (Å²) in [5.41, 5.74) is 4.15. The smallest absolute Gasteiger partial charge is 0.400 e.